The molecule has 0 amide bonds. The number of pyridine rings is 1. The number of carbonyl (C=O) groups is 1. The molecule has 0 aliphatic carbocycles. The normalized spacial score (nSPS) is 10.1. The molecule has 0 fully saturated rings. The molecule has 7 nitrogen and oxygen atoms in total. The van der Waals surface area contributed by atoms with Crippen molar-refractivity contribution in [2.75, 3.05) is 12.3 Å². The van der Waals surface area contributed by atoms with Crippen LogP contribution in [0.4, 0.5) is 5.82 Å². The van der Waals surface area contributed by atoms with Gasteiger partial charge in [-0.2, -0.15) is 0 Å². The number of carboxylic acids is 1. The van der Waals surface area contributed by atoms with Crippen LogP contribution in [0, 0.1) is 0 Å². The Bertz CT molecular complexity index is 491. The number of aromatic nitrogens is 1. The van der Waals surface area contributed by atoms with Gasteiger partial charge in [-0.1, -0.05) is 17.3 Å². The monoisotopic (exact) mass is 233 g/mol. The molecule has 0 saturated heterocycles. The number of anilines is 1. The minimum absolute atomic E-state index is 0.0104. The maximum absolute atomic E-state index is 10.8. The topological polar surface area (TPSA) is 125 Å². The van der Waals surface area contributed by atoms with Gasteiger partial charge in [-0.15, -0.1) is 0 Å². The van der Waals surface area contributed by atoms with E-state index in [9.17, 15) is 4.79 Å². The molecule has 7 heteroatoms. The van der Waals surface area contributed by atoms with E-state index in [1.54, 1.807) is 12.2 Å². The highest BCUT2D eigenvalue weighted by Gasteiger charge is 2.08. The van der Waals surface area contributed by atoms with E-state index in [1.807, 2.05) is 0 Å². The van der Waals surface area contributed by atoms with E-state index < -0.39 is 5.97 Å². The Hall–Kier alpha value is -2.53. The number of hydrogen-bond acceptors (Lipinski definition) is 4. The lowest BCUT2D eigenvalue weighted by molar-refractivity contribution is 0.0697. The van der Waals surface area contributed by atoms with Crippen molar-refractivity contribution < 1.29 is 9.90 Å². The molecule has 1 aromatic heterocycles. The zero-order chi connectivity index (χ0) is 12.7. The highest BCUT2D eigenvalue weighted by atomic mass is 16.4. The van der Waals surface area contributed by atoms with Gasteiger partial charge in [0.05, 0.1) is 0 Å². The van der Waals surface area contributed by atoms with Gasteiger partial charge in [0.25, 0.3) is 0 Å². The summed E-state index contributed by atoms with van der Waals surface area (Å²) in [5.41, 5.74) is 14.1. The summed E-state index contributed by atoms with van der Waals surface area (Å²) in [5.74, 6) is -1.12. The minimum Gasteiger partial charge on any atom is -0.478 e. The second kappa shape index (κ2) is 6.14. The molecule has 0 aromatic carbocycles. The molecule has 3 N–H and O–H groups in total. The summed E-state index contributed by atoms with van der Waals surface area (Å²) in [6.07, 6.45) is 5.53. The van der Waals surface area contributed by atoms with Crippen LogP contribution in [0.3, 0.4) is 0 Å². The van der Waals surface area contributed by atoms with Gasteiger partial charge in [-0.3, -0.25) is 0 Å². The fraction of sp³-hybridized carbons (Fsp3) is 0.200. The summed E-state index contributed by atoms with van der Waals surface area (Å²) < 4.78 is 0. The molecule has 1 rings (SSSR count). The number of nitrogens with two attached hydrogens (primary N) is 1. The SMILES string of the molecule is [N-]=[N+]=NCCC=Cc1cnc(N)c(C(=O)O)c1. The van der Waals surface area contributed by atoms with Crippen molar-refractivity contribution in [3.63, 3.8) is 0 Å². The highest BCUT2D eigenvalue weighted by Crippen LogP contribution is 2.12. The summed E-state index contributed by atoms with van der Waals surface area (Å²) in [4.78, 5) is 17.2. The fourth-order valence-electron chi connectivity index (χ4n) is 1.15. The number of hydrogen-bond donors (Lipinski definition) is 2. The maximum Gasteiger partial charge on any atom is 0.339 e. The van der Waals surface area contributed by atoms with Crippen molar-refractivity contribution in [1.82, 2.24) is 4.98 Å². The van der Waals surface area contributed by atoms with E-state index in [0.29, 0.717) is 18.5 Å². The number of aromatic carboxylic acids is 1. The number of nitrogens with zero attached hydrogens (tertiary/aromatic N) is 4. The van der Waals surface area contributed by atoms with E-state index in [-0.39, 0.29) is 11.4 Å². The van der Waals surface area contributed by atoms with Gasteiger partial charge in [-0.05, 0) is 23.6 Å². The third-order valence-electron chi connectivity index (χ3n) is 1.94. The largest absolute Gasteiger partial charge is 0.478 e. The zero-order valence-corrected chi connectivity index (χ0v) is 8.95. The molecule has 1 heterocycles. The van der Waals surface area contributed by atoms with Crippen molar-refractivity contribution in [2.45, 2.75) is 6.42 Å². The Morgan fingerprint density at radius 3 is 3.12 bits per heavy atom. The smallest absolute Gasteiger partial charge is 0.339 e. The Morgan fingerprint density at radius 2 is 2.47 bits per heavy atom. The van der Waals surface area contributed by atoms with Crippen molar-refractivity contribution >= 4 is 17.9 Å². The lowest BCUT2D eigenvalue weighted by Crippen LogP contribution is -2.04. The van der Waals surface area contributed by atoms with Crippen molar-refractivity contribution in [3.05, 3.63) is 39.9 Å². The molecule has 0 aliphatic heterocycles. The Labute approximate surface area is 97.2 Å². The van der Waals surface area contributed by atoms with Crippen LogP contribution in [0.15, 0.2) is 23.5 Å². The van der Waals surface area contributed by atoms with Crippen LogP contribution in [0.25, 0.3) is 16.5 Å². The molecule has 0 aliphatic rings. The van der Waals surface area contributed by atoms with Gasteiger partial charge in [0.1, 0.15) is 11.4 Å². The predicted octanol–water partition coefficient (Wildman–Crippen LogP) is 2.08. The maximum atomic E-state index is 10.8. The van der Waals surface area contributed by atoms with E-state index in [4.69, 9.17) is 16.4 Å². The standard InChI is InChI=1S/C10H11N5O2/c11-9-8(10(16)17)5-7(6-13-9)3-1-2-4-14-15-12/h1,3,5-6H,2,4H2,(H2,11,13)(H,16,17). The average Bonchev–Trinajstić information content (AvgIpc) is 2.30. The van der Waals surface area contributed by atoms with E-state index in [0.717, 1.165) is 0 Å². The summed E-state index contributed by atoms with van der Waals surface area (Å²) >= 11 is 0. The number of azide groups is 1. The second-order valence-corrected chi connectivity index (χ2v) is 3.15. The fourth-order valence-corrected chi connectivity index (χ4v) is 1.15. The molecule has 17 heavy (non-hydrogen) atoms. The Kier molecular flexibility index (Phi) is 4.53. The summed E-state index contributed by atoms with van der Waals surface area (Å²) in [6.45, 7) is 0.362. The molecule has 0 saturated carbocycles. The molecule has 88 valence electrons. The van der Waals surface area contributed by atoms with Gasteiger partial charge < -0.3 is 10.8 Å². The van der Waals surface area contributed by atoms with Gasteiger partial charge in [0, 0.05) is 17.7 Å². The van der Waals surface area contributed by atoms with Gasteiger partial charge >= 0.3 is 5.97 Å². The average molecular weight is 233 g/mol. The van der Waals surface area contributed by atoms with Crippen LogP contribution in [0.1, 0.15) is 22.3 Å². The second-order valence-electron chi connectivity index (χ2n) is 3.15. The highest BCUT2D eigenvalue weighted by molar-refractivity contribution is 5.93. The molecule has 0 bridgehead atoms. The quantitative estimate of drug-likeness (QED) is 0.349. The van der Waals surface area contributed by atoms with Crippen LogP contribution >= 0.6 is 0 Å². The molecule has 1 aromatic rings. The van der Waals surface area contributed by atoms with Gasteiger partial charge in [-0.25, -0.2) is 9.78 Å². The van der Waals surface area contributed by atoms with Crippen LogP contribution in [-0.4, -0.2) is 22.6 Å². The lowest BCUT2D eigenvalue weighted by Gasteiger charge is -2.00. The molecular weight excluding hydrogens is 222 g/mol. The first-order valence-corrected chi connectivity index (χ1v) is 4.81. The third kappa shape index (κ3) is 3.84. The van der Waals surface area contributed by atoms with Crippen LogP contribution in [-0.2, 0) is 0 Å². The van der Waals surface area contributed by atoms with Crippen molar-refractivity contribution in [1.29, 1.82) is 0 Å². The van der Waals surface area contributed by atoms with Gasteiger partial charge in [0.15, 0.2) is 0 Å². The Morgan fingerprint density at radius 1 is 1.71 bits per heavy atom. The molecule has 0 radical (unpaired) electrons. The first-order valence-electron chi connectivity index (χ1n) is 4.81. The first-order chi connectivity index (χ1) is 8.15. The van der Waals surface area contributed by atoms with Gasteiger partial charge in [0.2, 0.25) is 0 Å². The van der Waals surface area contributed by atoms with E-state index in [1.165, 1.54) is 12.3 Å². The summed E-state index contributed by atoms with van der Waals surface area (Å²) in [5, 5.41) is 12.2. The van der Waals surface area contributed by atoms with Crippen LogP contribution < -0.4 is 5.73 Å². The summed E-state index contributed by atoms with van der Waals surface area (Å²) in [6, 6.07) is 1.44. The lowest BCUT2D eigenvalue weighted by atomic mass is 10.1. The number of nitrogen functional groups attached to an aromatic ring is 1. The minimum atomic E-state index is -1.11. The molecule has 0 atom stereocenters. The predicted molar refractivity (Wildman–Crippen MR) is 63.3 cm³/mol. The third-order valence-corrected chi connectivity index (χ3v) is 1.94. The number of rotatable bonds is 5. The zero-order valence-electron chi connectivity index (χ0n) is 8.95. The van der Waals surface area contributed by atoms with E-state index >= 15 is 0 Å². The van der Waals surface area contributed by atoms with Crippen LogP contribution in [0.5, 0.6) is 0 Å². The first kappa shape index (κ1) is 12.5. The Balaban J connectivity index is 2.75. The molecular formula is C10H11N5O2. The summed E-state index contributed by atoms with van der Waals surface area (Å²) in [7, 11) is 0. The molecule has 0 spiro atoms. The number of carboxylic acid groups (broad SMARTS) is 1. The van der Waals surface area contributed by atoms with Crippen LogP contribution in [0.2, 0.25) is 0 Å². The van der Waals surface area contributed by atoms with Crippen molar-refractivity contribution in [3.8, 4) is 0 Å². The van der Waals surface area contributed by atoms with E-state index in [2.05, 4.69) is 15.0 Å². The molecule has 0 unspecified atom stereocenters. The van der Waals surface area contributed by atoms with Crippen molar-refractivity contribution in [2.24, 2.45) is 5.11 Å².